The molecule has 0 atom stereocenters. The summed E-state index contributed by atoms with van der Waals surface area (Å²) in [5.41, 5.74) is 3.93. The molecule has 1 heterocycles. The van der Waals surface area contributed by atoms with Crippen LogP contribution in [-0.4, -0.2) is 34.5 Å². The maximum absolute atomic E-state index is 13.4. The minimum Gasteiger partial charge on any atom is -0.345 e. The van der Waals surface area contributed by atoms with Gasteiger partial charge in [0.2, 0.25) is 0 Å². The van der Waals surface area contributed by atoms with Crippen molar-refractivity contribution in [2.75, 3.05) is 14.1 Å². The number of amides is 1. The predicted octanol–water partition coefficient (Wildman–Crippen LogP) is 5.34. The number of thioether (sulfide) groups is 1. The van der Waals surface area contributed by atoms with Crippen molar-refractivity contribution in [2.24, 2.45) is 0 Å². The molecule has 1 amide bonds. The van der Waals surface area contributed by atoms with Crippen LogP contribution in [0.2, 0.25) is 5.02 Å². The third-order valence-electron chi connectivity index (χ3n) is 5.04. The SMILES string of the molecule is Cc1cccc(-n2c(SCc3ccc(C(=O)N(C)C)cc3)nc3cc(Cl)ccc3c2=O)c1. The third-order valence-corrected chi connectivity index (χ3v) is 6.28. The fraction of sp³-hybridized carbons (Fsp3) is 0.160. The minimum atomic E-state index is -0.133. The van der Waals surface area contributed by atoms with E-state index in [1.807, 2.05) is 55.5 Å². The van der Waals surface area contributed by atoms with E-state index in [1.54, 1.807) is 41.8 Å². The highest BCUT2D eigenvalue weighted by Gasteiger charge is 2.15. The summed E-state index contributed by atoms with van der Waals surface area (Å²) < 4.78 is 1.65. The molecular formula is C25H22ClN3O2S. The van der Waals surface area contributed by atoms with Crippen molar-refractivity contribution < 1.29 is 4.79 Å². The molecular weight excluding hydrogens is 442 g/mol. The Morgan fingerprint density at radius 1 is 1.06 bits per heavy atom. The first kappa shape index (κ1) is 22.1. The van der Waals surface area contributed by atoms with Crippen LogP contribution in [0.15, 0.2) is 76.7 Å². The normalized spacial score (nSPS) is 11.0. The molecule has 162 valence electrons. The topological polar surface area (TPSA) is 55.2 Å². The number of aromatic nitrogens is 2. The summed E-state index contributed by atoms with van der Waals surface area (Å²) in [5, 5.41) is 1.64. The summed E-state index contributed by atoms with van der Waals surface area (Å²) >= 11 is 7.62. The van der Waals surface area contributed by atoms with Gasteiger partial charge in [0.15, 0.2) is 5.16 Å². The highest BCUT2D eigenvalue weighted by molar-refractivity contribution is 7.98. The van der Waals surface area contributed by atoms with E-state index in [0.29, 0.717) is 32.4 Å². The zero-order valence-electron chi connectivity index (χ0n) is 18.0. The molecule has 4 rings (SSSR count). The summed E-state index contributed by atoms with van der Waals surface area (Å²) in [4.78, 5) is 31.8. The van der Waals surface area contributed by atoms with E-state index < -0.39 is 0 Å². The summed E-state index contributed by atoms with van der Waals surface area (Å²) in [5.74, 6) is 0.561. The molecule has 0 N–H and O–H groups in total. The van der Waals surface area contributed by atoms with Crippen molar-refractivity contribution >= 4 is 40.2 Å². The van der Waals surface area contributed by atoms with Crippen LogP contribution in [0.5, 0.6) is 0 Å². The van der Waals surface area contributed by atoms with E-state index in [2.05, 4.69) is 0 Å². The fourth-order valence-corrected chi connectivity index (χ4v) is 4.51. The lowest BCUT2D eigenvalue weighted by molar-refractivity contribution is 0.0827. The zero-order chi connectivity index (χ0) is 22.8. The molecule has 0 fully saturated rings. The average Bonchev–Trinajstić information content (AvgIpc) is 2.77. The second-order valence-corrected chi connectivity index (χ2v) is 9.10. The number of benzene rings is 3. The summed E-state index contributed by atoms with van der Waals surface area (Å²) in [7, 11) is 3.46. The van der Waals surface area contributed by atoms with Gasteiger partial charge in [-0.15, -0.1) is 0 Å². The Kier molecular flexibility index (Phi) is 6.35. The van der Waals surface area contributed by atoms with Crippen molar-refractivity contribution in [3.8, 4) is 5.69 Å². The number of nitrogens with zero attached hydrogens (tertiary/aromatic N) is 3. The number of carbonyl (C=O) groups is 1. The van der Waals surface area contributed by atoms with Crippen molar-refractivity contribution in [3.63, 3.8) is 0 Å². The maximum atomic E-state index is 13.4. The van der Waals surface area contributed by atoms with Crippen LogP contribution in [0, 0.1) is 6.92 Å². The van der Waals surface area contributed by atoms with Crippen LogP contribution in [0.4, 0.5) is 0 Å². The number of fused-ring (bicyclic) bond motifs is 1. The summed E-state index contributed by atoms with van der Waals surface area (Å²) in [6.45, 7) is 1.99. The van der Waals surface area contributed by atoms with Crippen LogP contribution in [0.3, 0.4) is 0 Å². The zero-order valence-corrected chi connectivity index (χ0v) is 19.6. The Labute approximate surface area is 195 Å². The van der Waals surface area contributed by atoms with E-state index >= 15 is 0 Å². The van der Waals surface area contributed by atoms with Gasteiger partial charge in [-0.05, 0) is 60.5 Å². The molecule has 0 aliphatic heterocycles. The Balaban J connectivity index is 1.73. The van der Waals surface area contributed by atoms with Gasteiger partial charge in [-0.25, -0.2) is 4.98 Å². The van der Waals surface area contributed by atoms with Gasteiger partial charge >= 0.3 is 0 Å². The van der Waals surface area contributed by atoms with Gasteiger partial charge in [0.05, 0.1) is 16.6 Å². The molecule has 7 heteroatoms. The first-order valence-corrected chi connectivity index (χ1v) is 11.4. The maximum Gasteiger partial charge on any atom is 0.266 e. The third kappa shape index (κ3) is 4.56. The molecule has 0 radical (unpaired) electrons. The smallest absolute Gasteiger partial charge is 0.266 e. The molecule has 0 bridgehead atoms. The fourth-order valence-electron chi connectivity index (χ4n) is 3.38. The molecule has 1 aromatic heterocycles. The van der Waals surface area contributed by atoms with Gasteiger partial charge < -0.3 is 4.90 Å². The van der Waals surface area contributed by atoms with E-state index in [4.69, 9.17) is 16.6 Å². The molecule has 0 spiro atoms. The first-order valence-electron chi connectivity index (χ1n) is 10.1. The lowest BCUT2D eigenvalue weighted by Gasteiger charge is -2.14. The second-order valence-electron chi connectivity index (χ2n) is 7.72. The molecule has 5 nitrogen and oxygen atoms in total. The molecule has 0 saturated heterocycles. The second kappa shape index (κ2) is 9.18. The van der Waals surface area contributed by atoms with Crippen LogP contribution in [0.1, 0.15) is 21.5 Å². The van der Waals surface area contributed by atoms with Crippen LogP contribution < -0.4 is 5.56 Å². The predicted molar refractivity (Wildman–Crippen MR) is 131 cm³/mol. The van der Waals surface area contributed by atoms with Gasteiger partial charge in [-0.1, -0.05) is 47.6 Å². The van der Waals surface area contributed by atoms with Gasteiger partial charge in [0.1, 0.15) is 0 Å². The van der Waals surface area contributed by atoms with Gasteiger partial charge in [0, 0.05) is 30.4 Å². The molecule has 0 aliphatic carbocycles. The molecule has 0 unspecified atom stereocenters. The summed E-state index contributed by atoms with van der Waals surface area (Å²) in [6, 6.07) is 20.4. The van der Waals surface area contributed by atoms with Crippen molar-refractivity contribution in [2.45, 2.75) is 17.8 Å². The Bertz CT molecular complexity index is 1360. The van der Waals surface area contributed by atoms with Gasteiger partial charge in [-0.2, -0.15) is 0 Å². The van der Waals surface area contributed by atoms with Crippen LogP contribution in [0.25, 0.3) is 16.6 Å². The lowest BCUT2D eigenvalue weighted by atomic mass is 10.1. The number of carbonyl (C=O) groups excluding carboxylic acids is 1. The number of rotatable bonds is 5. The Morgan fingerprint density at radius 3 is 2.50 bits per heavy atom. The number of hydrogen-bond donors (Lipinski definition) is 0. The largest absolute Gasteiger partial charge is 0.345 e. The molecule has 32 heavy (non-hydrogen) atoms. The molecule has 4 aromatic rings. The molecule has 0 saturated carbocycles. The summed E-state index contributed by atoms with van der Waals surface area (Å²) in [6.07, 6.45) is 0. The van der Waals surface area contributed by atoms with E-state index in [0.717, 1.165) is 16.8 Å². The number of hydrogen-bond acceptors (Lipinski definition) is 4. The monoisotopic (exact) mass is 463 g/mol. The van der Waals surface area contributed by atoms with Crippen molar-refractivity contribution in [3.05, 3.63) is 98.8 Å². The van der Waals surface area contributed by atoms with Gasteiger partial charge in [0.25, 0.3) is 11.5 Å². The quantitative estimate of drug-likeness (QED) is 0.296. The van der Waals surface area contributed by atoms with E-state index in [1.165, 1.54) is 11.8 Å². The Morgan fingerprint density at radius 2 is 1.81 bits per heavy atom. The van der Waals surface area contributed by atoms with Crippen molar-refractivity contribution in [1.82, 2.24) is 14.5 Å². The van der Waals surface area contributed by atoms with Crippen LogP contribution in [-0.2, 0) is 5.75 Å². The highest BCUT2D eigenvalue weighted by Crippen LogP contribution is 2.26. The van der Waals surface area contributed by atoms with Crippen molar-refractivity contribution in [1.29, 1.82) is 0 Å². The van der Waals surface area contributed by atoms with E-state index in [-0.39, 0.29) is 11.5 Å². The van der Waals surface area contributed by atoms with E-state index in [9.17, 15) is 9.59 Å². The molecule has 0 aliphatic rings. The highest BCUT2D eigenvalue weighted by atomic mass is 35.5. The lowest BCUT2D eigenvalue weighted by Crippen LogP contribution is -2.22. The minimum absolute atomic E-state index is 0.0365. The Hall–Kier alpha value is -3.09. The first-order chi connectivity index (χ1) is 15.3. The average molecular weight is 464 g/mol. The number of halogens is 1. The standard InChI is InChI=1S/C25H22ClN3O2S/c1-16-5-4-6-20(13-16)29-24(31)21-12-11-19(26)14-22(21)27-25(29)32-15-17-7-9-18(10-8-17)23(30)28(2)3/h4-14H,15H2,1-3H3. The number of aryl methyl sites for hydroxylation is 1. The van der Waals surface area contributed by atoms with Crippen LogP contribution >= 0.6 is 23.4 Å². The van der Waals surface area contributed by atoms with Gasteiger partial charge in [-0.3, -0.25) is 14.2 Å². The molecule has 3 aromatic carbocycles.